The van der Waals surface area contributed by atoms with E-state index in [1.165, 1.54) is 6.08 Å². The molecule has 0 atom stereocenters. The van der Waals surface area contributed by atoms with Crippen molar-refractivity contribution in [1.29, 1.82) is 0 Å². The van der Waals surface area contributed by atoms with Crippen molar-refractivity contribution < 1.29 is 9.53 Å². The van der Waals surface area contributed by atoms with Crippen LogP contribution in [0.3, 0.4) is 0 Å². The minimum Gasteiger partial charge on any atom is -0.492 e. The Morgan fingerprint density at radius 2 is 2.09 bits per heavy atom. The first-order chi connectivity index (χ1) is 10.2. The lowest BCUT2D eigenvalue weighted by molar-refractivity contribution is -0.114. The Balaban J connectivity index is 2.01. The number of nitrogens with two attached hydrogens (primary N) is 1. The summed E-state index contributed by atoms with van der Waals surface area (Å²) in [6.07, 6.45) is 4.90. The molecule has 0 fully saturated rings. The number of anilines is 1. The third kappa shape index (κ3) is 2.27. The van der Waals surface area contributed by atoms with Crippen LogP contribution in [0, 0.1) is 0 Å². The Kier molecular flexibility index (Phi) is 3.42. The average Bonchev–Trinajstić information content (AvgIpc) is 2.73. The number of benzene rings is 1. The highest BCUT2D eigenvalue weighted by molar-refractivity contribution is 6.54. The van der Waals surface area contributed by atoms with Crippen LogP contribution in [-0.2, 0) is 10.2 Å². The molecule has 0 saturated heterocycles. The van der Waals surface area contributed by atoms with Crippen LogP contribution in [0.5, 0.6) is 5.75 Å². The third-order valence-corrected chi connectivity index (χ3v) is 4.72. The molecule has 2 N–H and O–H groups in total. The van der Waals surface area contributed by atoms with Gasteiger partial charge in [0.25, 0.3) is 0 Å². The molecular weight excluding hydrogens is 323 g/mol. The van der Waals surface area contributed by atoms with Crippen molar-refractivity contribution >= 4 is 34.8 Å². The zero-order valence-electron chi connectivity index (χ0n) is 12.3. The van der Waals surface area contributed by atoms with Gasteiger partial charge in [0.05, 0.1) is 12.2 Å². The quantitative estimate of drug-likeness (QED) is 0.665. The van der Waals surface area contributed by atoms with Crippen molar-refractivity contribution in [2.45, 2.75) is 23.7 Å². The van der Waals surface area contributed by atoms with E-state index in [1.807, 2.05) is 18.2 Å². The lowest BCUT2D eigenvalue weighted by Crippen LogP contribution is -2.43. The highest BCUT2D eigenvalue weighted by Gasteiger charge is 2.41. The maximum atomic E-state index is 11.5. The zero-order chi connectivity index (χ0) is 16.1. The molecule has 3 rings (SSSR count). The molecule has 1 aromatic carbocycles. The summed E-state index contributed by atoms with van der Waals surface area (Å²) in [5.74, 6) is 0.146. The number of nitrogens with zero attached hydrogens (tertiary/aromatic N) is 1. The number of rotatable bonds is 2. The number of carbonyl (C=O) groups excluding carboxylic acids is 1. The Morgan fingerprint density at radius 3 is 2.77 bits per heavy atom. The fraction of sp³-hybridized carbons (Fsp3) is 0.312. The van der Waals surface area contributed by atoms with Crippen molar-refractivity contribution in [1.82, 2.24) is 0 Å². The SMILES string of the molecule is CC1(C)COc2cc(N3C=CC=C(C(N)=O)C3(Cl)Cl)ccc21. The van der Waals surface area contributed by atoms with Gasteiger partial charge in [0, 0.05) is 28.9 Å². The summed E-state index contributed by atoms with van der Waals surface area (Å²) in [6, 6.07) is 5.78. The first-order valence-corrected chi connectivity index (χ1v) is 7.62. The molecule has 2 heterocycles. The van der Waals surface area contributed by atoms with Gasteiger partial charge in [-0.1, -0.05) is 43.1 Å². The Labute approximate surface area is 139 Å². The van der Waals surface area contributed by atoms with Gasteiger partial charge >= 0.3 is 0 Å². The minimum atomic E-state index is -1.55. The van der Waals surface area contributed by atoms with Crippen LogP contribution in [0.25, 0.3) is 0 Å². The van der Waals surface area contributed by atoms with Crippen LogP contribution in [0.1, 0.15) is 19.4 Å². The minimum absolute atomic E-state index is 0.0249. The number of amides is 1. The zero-order valence-corrected chi connectivity index (χ0v) is 13.8. The van der Waals surface area contributed by atoms with Gasteiger partial charge in [-0.3, -0.25) is 4.79 Å². The van der Waals surface area contributed by atoms with Gasteiger partial charge in [0.15, 0.2) is 0 Å². The maximum Gasteiger partial charge on any atom is 0.249 e. The van der Waals surface area contributed by atoms with Gasteiger partial charge in [-0.05, 0) is 18.2 Å². The van der Waals surface area contributed by atoms with Gasteiger partial charge in [0.2, 0.25) is 10.4 Å². The van der Waals surface area contributed by atoms with Crippen LogP contribution in [0.2, 0.25) is 0 Å². The van der Waals surface area contributed by atoms with Crippen molar-refractivity contribution in [2.24, 2.45) is 5.73 Å². The largest absolute Gasteiger partial charge is 0.492 e. The summed E-state index contributed by atoms with van der Waals surface area (Å²) in [7, 11) is 0. The predicted molar refractivity (Wildman–Crippen MR) is 88.3 cm³/mol. The van der Waals surface area contributed by atoms with Crippen molar-refractivity contribution in [3.63, 3.8) is 0 Å². The third-order valence-electron chi connectivity index (χ3n) is 3.95. The first kappa shape index (κ1) is 15.3. The number of primary amides is 1. The molecule has 6 heteroatoms. The molecule has 1 amide bonds. The van der Waals surface area contributed by atoms with Gasteiger partial charge in [-0.15, -0.1) is 0 Å². The standard InChI is InChI=1S/C16H16Cl2N2O2/c1-15(2)9-22-13-8-10(5-6-11(13)15)20-7-3-4-12(14(19)21)16(20,17)18/h3-8H,9H2,1-2H3,(H2,19,21). The van der Waals surface area contributed by atoms with E-state index < -0.39 is 10.4 Å². The predicted octanol–water partition coefficient (Wildman–Crippen LogP) is 3.23. The van der Waals surface area contributed by atoms with Crippen molar-refractivity contribution in [2.75, 3.05) is 11.5 Å². The molecule has 4 nitrogen and oxygen atoms in total. The molecule has 116 valence electrons. The van der Waals surface area contributed by atoms with Crippen molar-refractivity contribution in [3.8, 4) is 5.75 Å². The number of alkyl halides is 2. The molecule has 0 aliphatic carbocycles. The second-order valence-electron chi connectivity index (χ2n) is 6.05. The first-order valence-electron chi connectivity index (χ1n) is 6.87. The molecule has 2 aliphatic rings. The number of allylic oxidation sites excluding steroid dienone is 2. The maximum absolute atomic E-state index is 11.5. The number of carbonyl (C=O) groups is 1. The second-order valence-corrected chi connectivity index (χ2v) is 7.34. The number of hydrogen-bond acceptors (Lipinski definition) is 3. The molecule has 22 heavy (non-hydrogen) atoms. The van der Waals surface area contributed by atoms with E-state index in [0.29, 0.717) is 6.61 Å². The summed E-state index contributed by atoms with van der Waals surface area (Å²) in [5.41, 5.74) is 7.31. The molecule has 0 aromatic heterocycles. The van der Waals surface area contributed by atoms with Gasteiger partial charge in [-0.2, -0.15) is 0 Å². The summed E-state index contributed by atoms with van der Waals surface area (Å²) in [5, 5.41) is 0. The van der Waals surface area contributed by atoms with E-state index in [4.69, 9.17) is 33.7 Å². The van der Waals surface area contributed by atoms with E-state index in [0.717, 1.165) is 17.0 Å². The Hall–Kier alpha value is -1.65. The van der Waals surface area contributed by atoms with Crippen LogP contribution in [-0.4, -0.2) is 17.0 Å². The molecule has 0 bridgehead atoms. The highest BCUT2D eigenvalue weighted by atomic mass is 35.5. The molecule has 1 aromatic rings. The lowest BCUT2D eigenvalue weighted by atomic mass is 9.87. The lowest BCUT2D eigenvalue weighted by Gasteiger charge is -2.36. The van der Waals surface area contributed by atoms with Gasteiger partial charge < -0.3 is 15.4 Å². The molecular formula is C16H16Cl2N2O2. The summed E-state index contributed by atoms with van der Waals surface area (Å²) in [4.78, 5) is 13.1. The molecule has 2 aliphatic heterocycles. The molecule has 0 spiro atoms. The van der Waals surface area contributed by atoms with Gasteiger partial charge in [0.1, 0.15) is 5.75 Å². The van der Waals surface area contributed by atoms with E-state index in [-0.39, 0.29) is 11.0 Å². The topological polar surface area (TPSA) is 55.6 Å². The van der Waals surface area contributed by atoms with Crippen molar-refractivity contribution in [3.05, 3.63) is 47.7 Å². The fourth-order valence-corrected chi connectivity index (χ4v) is 3.32. The second kappa shape index (κ2) is 4.93. The summed E-state index contributed by atoms with van der Waals surface area (Å²) in [6.45, 7) is 4.88. The van der Waals surface area contributed by atoms with E-state index in [1.54, 1.807) is 17.2 Å². The average molecular weight is 339 g/mol. The van der Waals surface area contributed by atoms with Crippen LogP contribution >= 0.6 is 23.2 Å². The number of ether oxygens (including phenoxy) is 1. The normalized spacial score (nSPS) is 21.1. The monoisotopic (exact) mass is 338 g/mol. The van der Waals surface area contributed by atoms with E-state index in [2.05, 4.69) is 13.8 Å². The Bertz CT molecular complexity index is 708. The number of hydrogen-bond donors (Lipinski definition) is 1. The number of fused-ring (bicyclic) bond motifs is 1. The highest BCUT2D eigenvalue weighted by Crippen LogP contribution is 2.44. The fourth-order valence-electron chi connectivity index (χ4n) is 2.70. The Morgan fingerprint density at radius 1 is 1.36 bits per heavy atom. The molecule has 0 radical (unpaired) electrons. The van der Waals surface area contributed by atoms with Crippen LogP contribution in [0.15, 0.2) is 42.1 Å². The van der Waals surface area contributed by atoms with E-state index >= 15 is 0 Å². The van der Waals surface area contributed by atoms with E-state index in [9.17, 15) is 4.79 Å². The molecule has 0 saturated carbocycles. The van der Waals surface area contributed by atoms with Crippen LogP contribution < -0.4 is 15.4 Å². The number of halogens is 2. The summed E-state index contributed by atoms with van der Waals surface area (Å²) >= 11 is 12.7. The summed E-state index contributed by atoms with van der Waals surface area (Å²) < 4.78 is 4.19. The van der Waals surface area contributed by atoms with Crippen LogP contribution in [0.4, 0.5) is 5.69 Å². The smallest absolute Gasteiger partial charge is 0.249 e. The van der Waals surface area contributed by atoms with Gasteiger partial charge in [-0.25, -0.2) is 0 Å². The molecule has 0 unspecified atom stereocenters.